The van der Waals surface area contributed by atoms with E-state index in [-0.39, 0.29) is 6.54 Å². The van der Waals surface area contributed by atoms with Gasteiger partial charge in [0.05, 0.1) is 12.1 Å². The average molecular weight is 240 g/mol. The number of carbonyl (C=O) groups excluding carboxylic acids is 2. The number of ether oxygens (including phenoxy) is 1. The largest absolute Gasteiger partial charge is 0.444 e. The first-order valence-corrected chi connectivity index (χ1v) is 5.92. The van der Waals surface area contributed by atoms with Gasteiger partial charge in [-0.1, -0.05) is 12.8 Å². The van der Waals surface area contributed by atoms with Crippen LogP contribution in [0, 0.1) is 0 Å². The minimum Gasteiger partial charge on any atom is -0.444 e. The summed E-state index contributed by atoms with van der Waals surface area (Å²) in [6, 6.07) is 0. The van der Waals surface area contributed by atoms with Gasteiger partial charge < -0.3 is 10.1 Å². The molecule has 96 valence electrons. The lowest BCUT2D eigenvalue weighted by atomic mass is 9.98. The van der Waals surface area contributed by atoms with E-state index in [4.69, 9.17) is 4.74 Å². The number of hydrogen-bond donors (Lipinski definition) is 1. The first-order valence-electron chi connectivity index (χ1n) is 5.92. The highest BCUT2D eigenvalue weighted by molar-refractivity contribution is 5.69. The predicted octanol–water partition coefficient (Wildman–Crippen LogP) is 2.16. The fraction of sp³-hybridized carbons (Fsp3) is 0.833. The summed E-state index contributed by atoms with van der Waals surface area (Å²) >= 11 is 0. The molecule has 0 unspecified atom stereocenters. The highest BCUT2D eigenvalue weighted by Gasteiger charge is 2.36. The number of carbonyl (C=O) groups is 1. The van der Waals surface area contributed by atoms with Crippen LogP contribution in [0.25, 0.3) is 0 Å². The second kappa shape index (κ2) is 5.32. The van der Waals surface area contributed by atoms with Crippen molar-refractivity contribution in [2.75, 3.05) is 6.54 Å². The highest BCUT2D eigenvalue weighted by atomic mass is 16.6. The number of nitrogens with one attached hydrogen (secondary N) is 1. The summed E-state index contributed by atoms with van der Waals surface area (Å²) in [5.74, 6) is 0. The Labute approximate surface area is 102 Å². The maximum atomic E-state index is 11.7. The molecular weight excluding hydrogens is 220 g/mol. The van der Waals surface area contributed by atoms with Crippen LogP contribution in [0.15, 0.2) is 4.99 Å². The zero-order chi connectivity index (χ0) is 12.9. The van der Waals surface area contributed by atoms with Crippen molar-refractivity contribution >= 4 is 12.2 Å². The quantitative estimate of drug-likeness (QED) is 0.607. The molecule has 1 aliphatic rings. The van der Waals surface area contributed by atoms with Gasteiger partial charge in [0.15, 0.2) is 0 Å². The molecule has 0 heterocycles. The van der Waals surface area contributed by atoms with Gasteiger partial charge in [-0.15, -0.1) is 0 Å². The van der Waals surface area contributed by atoms with Crippen molar-refractivity contribution in [2.24, 2.45) is 4.99 Å². The van der Waals surface area contributed by atoms with E-state index in [0.717, 1.165) is 25.7 Å². The van der Waals surface area contributed by atoms with E-state index >= 15 is 0 Å². The summed E-state index contributed by atoms with van der Waals surface area (Å²) in [6.45, 7) is 5.74. The van der Waals surface area contributed by atoms with Gasteiger partial charge in [0, 0.05) is 0 Å². The number of alkyl carbamates (subject to hydrolysis) is 1. The Morgan fingerprint density at radius 1 is 1.41 bits per heavy atom. The van der Waals surface area contributed by atoms with Gasteiger partial charge in [-0.2, -0.15) is 0 Å². The van der Waals surface area contributed by atoms with E-state index in [2.05, 4.69) is 10.3 Å². The van der Waals surface area contributed by atoms with Gasteiger partial charge in [0.2, 0.25) is 6.08 Å². The molecule has 0 aromatic rings. The van der Waals surface area contributed by atoms with Crippen LogP contribution >= 0.6 is 0 Å². The van der Waals surface area contributed by atoms with Crippen LogP contribution < -0.4 is 5.32 Å². The van der Waals surface area contributed by atoms with Crippen molar-refractivity contribution < 1.29 is 14.3 Å². The molecule has 5 heteroatoms. The molecule has 0 aliphatic heterocycles. The molecule has 1 saturated carbocycles. The van der Waals surface area contributed by atoms with Crippen LogP contribution in [0.5, 0.6) is 0 Å². The predicted molar refractivity (Wildman–Crippen MR) is 63.6 cm³/mol. The molecule has 0 aromatic heterocycles. The fourth-order valence-electron chi connectivity index (χ4n) is 2.08. The number of nitrogens with zero attached hydrogens (tertiary/aromatic N) is 1. The Hall–Kier alpha value is -1.35. The third kappa shape index (κ3) is 4.57. The normalized spacial score (nSPS) is 18.3. The van der Waals surface area contributed by atoms with Gasteiger partial charge in [-0.3, -0.25) is 0 Å². The monoisotopic (exact) mass is 240 g/mol. The molecule has 0 bridgehead atoms. The summed E-state index contributed by atoms with van der Waals surface area (Å²) in [7, 11) is 0. The summed E-state index contributed by atoms with van der Waals surface area (Å²) in [4.78, 5) is 25.5. The number of aliphatic imine (C=N–C) groups is 1. The molecule has 0 atom stereocenters. The van der Waals surface area contributed by atoms with Crippen molar-refractivity contribution in [2.45, 2.75) is 57.6 Å². The lowest BCUT2D eigenvalue weighted by Gasteiger charge is -2.29. The Bertz CT molecular complexity index is 321. The molecule has 1 aliphatic carbocycles. The van der Waals surface area contributed by atoms with Crippen molar-refractivity contribution in [3.63, 3.8) is 0 Å². The van der Waals surface area contributed by atoms with Gasteiger partial charge >= 0.3 is 6.09 Å². The molecule has 1 amide bonds. The van der Waals surface area contributed by atoms with Gasteiger partial charge in [-0.25, -0.2) is 14.6 Å². The first kappa shape index (κ1) is 13.7. The van der Waals surface area contributed by atoms with Crippen LogP contribution in [0.4, 0.5) is 4.79 Å². The highest BCUT2D eigenvalue weighted by Crippen LogP contribution is 2.30. The minimum atomic E-state index is -0.516. The van der Waals surface area contributed by atoms with Crippen molar-refractivity contribution in [1.82, 2.24) is 5.32 Å². The Balaban J connectivity index is 2.61. The molecule has 0 radical (unpaired) electrons. The summed E-state index contributed by atoms with van der Waals surface area (Å²) in [5, 5.41) is 2.85. The molecule has 1 rings (SSSR count). The van der Waals surface area contributed by atoms with Gasteiger partial charge in [0.25, 0.3) is 0 Å². The number of isocyanates is 1. The lowest BCUT2D eigenvalue weighted by Crippen LogP contribution is -2.50. The molecule has 0 aromatic carbocycles. The van der Waals surface area contributed by atoms with E-state index in [1.807, 2.05) is 20.8 Å². The molecule has 0 spiro atoms. The van der Waals surface area contributed by atoms with E-state index < -0.39 is 17.2 Å². The van der Waals surface area contributed by atoms with E-state index in [1.165, 1.54) is 6.08 Å². The van der Waals surface area contributed by atoms with Crippen molar-refractivity contribution in [3.05, 3.63) is 0 Å². The summed E-state index contributed by atoms with van der Waals surface area (Å²) in [6.07, 6.45) is 4.81. The third-order valence-corrected chi connectivity index (χ3v) is 2.77. The molecule has 1 fully saturated rings. The zero-order valence-corrected chi connectivity index (χ0v) is 10.7. The fourth-order valence-corrected chi connectivity index (χ4v) is 2.08. The van der Waals surface area contributed by atoms with Crippen LogP contribution in [0.1, 0.15) is 46.5 Å². The third-order valence-electron chi connectivity index (χ3n) is 2.77. The van der Waals surface area contributed by atoms with Crippen molar-refractivity contribution in [3.8, 4) is 0 Å². The van der Waals surface area contributed by atoms with E-state index in [0.29, 0.717) is 0 Å². The maximum Gasteiger partial charge on any atom is 0.408 e. The number of rotatable bonds is 3. The van der Waals surface area contributed by atoms with Crippen LogP contribution in [0.2, 0.25) is 0 Å². The smallest absolute Gasteiger partial charge is 0.408 e. The van der Waals surface area contributed by atoms with Gasteiger partial charge in [-0.05, 0) is 33.6 Å². The van der Waals surface area contributed by atoms with Crippen LogP contribution in [0.3, 0.4) is 0 Å². The Morgan fingerprint density at radius 2 is 2.00 bits per heavy atom. The van der Waals surface area contributed by atoms with E-state index in [1.54, 1.807) is 0 Å². The van der Waals surface area contributed by atoms with Crippen LogP contribution in [-0.4, -0.2) is 29.9 Å². The summed E-state index contributed by atoms with van der Waals surface area (Å²) < 4.78 is 5.21. The van der Waals surface area contributed by atoms with Gasteiger partial charge in [0.1, 0.15) is 5.60 Å². The zero-order valence-electron chi connectivity index (χ0n) is 10.7. The number of hydrogen-bond acceptors (Lipinski definition) is 4. The van der Waals surface area contributed by atoms with Crippen LogP contribution in [-0.2, 0) is 9.53 Å². The SMILES string of the molecule is CC(C)(C)OC(=O)NC1(CN=C=O)CCCC1. The second-order valence-corrected chi connectivity index (χ2v) is 5.52. The average Bonchev–Trinajstić information content (AvgIpc) is 2.60. The van der Waals surface area contributed by atoms with Crippen molar-refractivity contribution in [1.29, 1.82) is 0 Å². The Morgan fingerprint density at radius 3 is 2.47 bits per heavy atom. The minimum absolute atomic E-state index is 0.287. The van der Waals surface area contributed by atoms with E-state index in [9.17, 15) is 9.59 Å². The maximum absolute atomic E-state index is 11.7. The lowest BCUT2D eigenvalue weighted by molar-refractivity contribution is 0.0461. The first-order chi connectivity index (χ1) is 7.87. The summed E-state index contributed by atoms with van der Waals surface area (Å²) in [5.41, 5.74) is -0.933. The molecule has 0 saturated heterocycles. The standard InChI is InChI=1S/C12H20N2O3/c1-11(2,3)17-10(16)14-12(8-13-9-15)6-4-5-7-12/h4-8H2,1-3H3,(H,14,16). The second-order valence-electron chi connectivity index (χ2n) is 5.52. The molecular formula is C12H20N2O3. The Kier molecular flexibility index (Phi) is 4.29. The molecule has 5 nitrogen and oxygen atoms in total. The molecule has 17 heavy (non-hydrogen) atoms. The number of amides is 1. The topological polar surface area (TPSA) is 67.8 Å². The molecule has 1 N–H and O–H groups in total.